The third-order valence-electron chi connectivity index (χ3n) is 2.10. The minimum Gasteiger partial charge on any atom is -0.476 e. The summed E-state index contributed by atoms with van der Waals surface area (Å²) in [5, 5.41) is 9.54. The smallest absolute Gasteiger partial charge is 0.356 e. The summed E-state index contributed by atoms with van der Waals surface area (Å²) in [5.41, 5.74) is -0.145. The van der Waals surface area contributed by atoms with Crippen LogP contribution < -0.4 is 4.90 Å². The number of carbonyl (C=O) groups excluding carboxylic acids is 1. The molecule has 0 aromatic carbocycles. The molecule has 0 saturated carbocycles. The minimum absolute atomic E-state index is 0.145. The number of nitrogens with zero attached hydrogens (tertiary/aromatic N) is 2. The van der Waals surface area contributed by atoms with Crippen molar-refractivity contribution in [3.63, 3.8) is 0 Å². The van der Waals surface area contributed by atoms with Crippen molar-refractivity contribution in [1.29, 1.82) is 0 Å². The molecule has 5 nitrogen and oxygen atoms in total. The predicted molar refractivity (Wildman–Crippen MR) is 67.2 cm³/mol. The first-order chi connectivity index (χ1) is 7.82. The Balaban J connectivity index is 3.07. The maximum absolute atomic E-state index is 11.3. The molecule has 0 saturated heterocycles. The van der Waals surface area contributed by atoms with Gasteiger partial charge in [-0.15, -0.1) is 0 Å². The number of aromatic nitrogens is 1. The highest BCUT2D eigenvalue weighted by Crippen LogP contribution is 2.26. The van der Waals surface area contributed by atoms with Crippen LogP contribution in [0.5, 0.6) is 0 Å². The van der Waals surface area contributed by atoms with Gasteiger partial charge >= 0.3 is 5.97 Å². The van der Waals surface area contributed by atoms with Crippen molar-refractivity contribution in [2.24, 2.45) is 5.92 Å². The van der Waals surface area contributed by atoms with Gasteiger partial charge in [0.1, 0.15) is 4.88 Å². The number of rotatable bonds is 5. The Labute approximate surface area is 104 Å². The molecule has 6 heteroatoms. The highest BCUT2D eigenvalue weighted by Gasteiger charge is 2.22. The Hall–Kier alpha value is -1.43. The van der Waals surface area contributed by atoms with Gasteiger partial charge in [0.15, 0.2) is 16.6 Å². The van der Waals surface area contributed by atoms with Crippen LogP contribution in [0.1, 0.15) is 40.9 Å². The maximum atomic E-state index is 11.3. The van der Waals surface area contributed by atoms with Crippen molar-refractivity contribution in [1.82, 2.24) is 4.98 Å². The van der Waals surface area contributed by atoms with Crippen molar-refractivity contribution in [2.45, 2.75) is 20.8 Å². The number of thiazole rings is 1. The Morgan fingerprint density at radius 3 is 2.41 bits per heavy atom. The lowest BCUT2D eigenvalue weighted by Crippen LogP contribution is -2.22. The van der Waals surface area contributed by atoms with Gasteiger partial charge < -0.3 is 10.0 Å². The molecule has 0 atom stereocenters. The average Bonchev–Trinajstić information content (AvgIpc) is 2.60. The molecule has 94 valence electrons. The summed E-state index contributed by atoms with van der Waals surface area (Å²) in [6, 6.07) is 0. The predicted octanol–water partition coefficient (Wildman–Crippen LogP) is 2.14. The van der Waals surface area contributed by atoms with Crippen molar-refractivity contribution >= 4 is 28.2 Å². The third-order valence-corrected chi connectivity index (χ3v) is 3.37. The number of hydrogen-bond donors (Lipinski definition) is 1. The molecule has 0 spiro atoms. The second-order valence-corrected chi connectivity index (χ2v) is 5.29. The molecule has 1 aromatic heterocycles. The lowest BCUT2D eigenvalue weighted by atomic mass is 10.2. The van der Waals surface area contributed by atoms with Crippen LogP contribution in [0.2, 0.25) is 0 Å². The number of hydrogen-bond acceptors (Lipinski definition) is 5. The summed E-state index contributed by atoms with van der Waals surface area (Å²) < 4.78 is 0. The quantitative estimate of drug-likeness (QED) is 0.817. The van der Waals surface area contributed by atoms with Crippen LogP contribution in [0.15, 0.2) is 0 Å². The van der Waals surface area contributed by atoms with Gasteiger partial charge in [-0.25, -0.2) is 9.78 Å². The van der Waals surface area contributed by atoms with Crippen molar-refractivity contribution in [2.75, 3.05) is 18.5 Å². The second-order valence-electron chi connectivity index (χ2n) is 4.31. The van der Waals surface area contributed by atoms with Crippen molar-refractivity contribution in [3.8, 4) is 0 Å². The maximum Gasteiger partial charge on any atom is 0.356 e. The lowest BCUT2D eigenvalue weighted by molar-refractivity contribution is 0.0687. The highest BCUT2D eigenvalue weighted by molar-refractivity contribution is 7.17. The normalized spacial score (nSPS) is 10.6. The van der Waals surface area contributed by atoms with Crippen LogP contribution in [-0.2, 0) is 0 Å². The molecule has 0 fully saturated rings. The second kappa shape index (κ2) is 5.27. The van der Waals surface area contributed by atoms with Crippen molar-refractivity contribution < 1.29 is 14.7 Å². The summed E-state index contributed by atoms with van der Waals surface area (Å²) >= 11 is 1.13. The molecule has 0 aliphatic carbocycles. The molecule has 0 amide bonds. The number of carbonyl (C=O) groups is 2. The van der Waals surface area contributed by atoms with E-state index in [0.29, 0.717) is 11.0 Å². The zero-order valence-corrected chi connectivity index (χ0v) is 11.2. The van der Waals surface area contributed by atoms with Gasteiger partial charge in [0.25, 0.3) is 0 Å². The molecule has 0 bridgehead atoms. The molecule has 17 heavy (non-hydrogen) atoms. The summed E-state index contributed by atoms with van der Waals surface area (Å²) in [4.78, 5) is 28.4. The fourth-order valence-electron chi connectivity index (χ4n) is 1.48. The van der Waals surface area contributed by atoms with E-state index < -0.39 is 5.97 Å². The summed E-state index contributed by atoms with van der Waals surface area (Å²) in [6.45, 7) is 6.25. The highest BCUT2D eigenvalue weighted by atomic mass is 32.1. The van der Waals surface area contributed by atoms with Gasteiger partial charge in [0.05, 0.1) is 0 Å². The summed E-state index contributed by atoms with van der Waals surface area (Å²) in [6.07, 6.45) is 0. The SMILES string of the molecule is CC(=O)c1sc(N(C)CC(C)C)nc1C(=O)O. The van der Waals surface area contributed by atoms with Crippen LogP contribution in [0, 0.1) is 5.92 Å². The standard InChI is InChI=1S/C11H16N2O3S/c1-6(2)5-13(4)11-12-8(10(15)16)9(17-11)7(3)14/h6H,5H2,1-4H3,(H,15,16). The van der Waals surface area contributed by atoms with Crippen LogP contribution in [0.25, 0.3) is 0 Å². The molecule has 1 rings (SSSR count). The topological polar surface area (TPSA) is 70.5 Å². The Morgan fingerprint density at radius 2 is 2.06 bits per heavy atom. The third kappa shape index (κ3) is 3.26. The monoisotopic (exact) mass is 256 g/mol. The van der Waals surface area contributed by atoms with E-state index >= 15 is 0 Å². The number of ketones is 1. The molecule has 1 heterocycles. The fraction of sp³-hybridized carbons (Fsp3) is 0.545. The van der Waals surface area contributed by atoms with Gasteiger partial charge in [-0.2, -0.15) is 0 Å². The van der Waals surface area contributed by atoms with Crippen molar-refractivity contribution in [3.05, 3.63) is 10.6 Å². The molecule has 0 aliphatic heterocycles. The van der Waals surface area contributed by atoms with E-state index in [9.17, 15) is 9.59 Å². The van der Waals surface area contributed by atoms with Gasteiger partial charge in [-0.1, -0.05) is 25.2 Å². The molecule has 0 radical (unpaired) electrons. The van der Waals surface area contributed by atoms with Gasteiger partial charge in [-0.3, -0.25) is 4.79 Å². The van der Waals surface area contributed by atoms with E-state index in [4.69, 9.17) is 5.11 Å². The number of anilines is 1. The van der Waals surface area contributed by atoms with E-state index in [2.05, 4.69) is 18.8 Å². The molecular weight excluding hydrogens is 240 g/mol. The van der Waals surface area contributed by atoms with Crippen LogP contribution in [0.4, 0.5) is 5.13 Å². The van der Waals surface area contributed by atoms with Gasteiger partial charge in [-0.05, 0) is 5.92 Å². The molecule has 1 N–H and O–H groups in total. The Kier molecular flexibility index (Phi) is 4.22. The summed E-state index contributed by atoms with van der Waals surface area (Å²) in [5.74, 6) is -0.974. The lowest BCUT2D eigenvalue weighted by Gasteiger charge is -2.17. The van der Waals surface area contributed by atoms with Crippen LogP contribution in [0.3, 0.4) is 0 Å². The minimum atomic E-state index is -1.16. The van der Waals surface area contributed by atoms with Gasteiger partial charge in [0, 0.05) is 20.5 Å². The number of carboxylic acids is 1. The van der Waals surface area contributed by atoms with E-state index in [1.54, 1.807) is 0 Å². The van der Waals surface area contributed by atoms with Gasteiger partial charge in [0.2, 0.25) is 0 Å². The molecular formula is C11H16N2O3S. The zero-order valence-electron chi connectivity index (χ0n) is 10.4. The number of carboxylic acid groups (broad SMARTS) is 1. The van der Waals surface area contributed by atoms with E-state index in [0.717, 1.165) is 17.9 Å². The van der Waals surface area contributed by atoms with E-state index in [-0.39, 0.29) is 16.4 Å². The first-order valence-corrected chi connectivity index (χ1v) is 6.10. The molecule has 1 aromatic rings. The fourth-order valence-corrected chi connectivity index (χ4v) is 2.40. The van der Waals surface area contributed by atoms with Crippen LogP contribution >= 0.6 is 11.3 Å². The first-order valence-electron chi connectivity index (χ1n) is 5.29. The zero-order chi connectivity index (χ0) is 13.2. The Bertz CT molecular complexity index is 408. The molecule has 0 aliphatic rings. The molecule has 0 unspecified atom stereocenters. The Morgan fingerprint density at radius 1 is 1.47 bits per heavy atom. The number of Topliss-reactive ketones (excluding diaryl/α,β-unsaturated/α-hetero) is 1. The van der Waals surface area contributed by atoms with Crippen LogP contribution in [-0.4, -0.2) is 35.4 Å². The first kappa shape index (κ1) is 13.6. The summed E-state index contributed by atoms with van der Waals surface area (Å²) in [7, 11) is 1.84. The van der Waals surface area contributed by atoms with E-state index in [1.807, 2.05) is 11.9 Å². The number of aromatic carboxylic acids is 1. The average molecular weight is 256 g/mol. The van der Waals surface area contributed by atoms with E-state index in [1.165, 1.54) is 6.92 Å². The largest absolute Gasteiger partial charge is 0.476 e.